The molecule has 1 atom stereocenters. The number of carboxylic acid groups (broad SMARTS) is 1. The molecule has 4 rings (SSSR count). The standard InChI is InChI=1S/C24H28N4O4S/c1-16(14-17-9-12-28(13-10-17)24(30)31)25-15-18-4-2-3-5-19(18)27-23(29)22-7-6-21(33-22)20-8-11-26-32-20/h2-8,11,16-17,25H,9-10,12-15H2,1H3,(H,27,29)(H,30,31). The predicted molar refractivity (Wildman–Crippen MR) is 127 cm³/mol. The molecule has 0 saturated carbocycles. The summed E-state index contributed by atoms with van der Waals surface area (Å²) in [6.07, 6.45) is 3.57. The van der Waals surface area contributed by atoms with Crippen molar-refractivity contribution in [3.8, 4) is 10.6 Å². The molecule has 1 aromatic carbocycles. The molecule has 0 spiro atoms. The minimum atomic E-state index is -0.824. The van der Waals surface area contributed by atoms with Crippen LogP contribution in [0.1, 0.15) is 41.4 Å². The Hall–Kier alpha value is -3.17. The average molecular weight is 469 g/mol. The molecule has 1 unspecified atom stereocenters. The molecular formula is C24H28N4O4S. The summed E-state index contributed by atoms with van der Waals surface area (Å²) >= 11 is 1.36. The second-order valence-electron chi connectivity index (χ2n) is 8.38. The molecule has 3 aromatic rings. The third-order valence-corrected chi connectivity index (χ3v) is 7.09. The van der Waals surface area contributed by atoms with Crippen LogP contribution in [0.4, 0.5) is 10.5 Å². The largest absolute Gasteiger partial charge is 0.465 e. The molecule has 1 saturated heterocycles. The minimum Gasteiger partial charge on any atom is -0.465 e. The van der Waals surface area contributed by atoms with E-state index in [4.69, 9.17) is 9.63 Å². The molecule has 2 amide bonds. The van der Waals surface area contributed by atoms with Crippen LogP contribution in [0.2, 0.25) is 0 Å². The van der Waals surface area contributed by atoms with Gasteiger partial charge in [-0.05, 0) is 55.9 Å². The van der Waals surface area contributed by atoms with Crippen LogP contribution in [0.25, 0.3) is 10.6 Å². The first-order chi connectivity index (χ1) is 16.0. The number of nitrogens with zero attached hydrogens (tertiary/aromatic N) is 2. The fraction of sp³-hybridized carbons (Fsp3) is 0.375. The van der Waals surface area contributed by atoms with Gasteiger partial charge in [0.1, 0.15) is 0 Å². The number of rotatable bonds is 8. The summed E-state index contributed by atoms with van der Waals surface area (Å²) in [5, 5.41) is 19.4. The highest BCUT2D eigenvalue weighted by Crippen LogP contribution is 2.29. The predicted octanol–water partition coefficient (Wildman–Crippen LogP) is 4.91. The van der Waals surface area contributed by atoms with Gasteiger partial charge in [0.15, 0.2) is 5.76 Å². The third-order valence-electron chi connectivity index (χ3n) is 5.99. The Morgan fingerprint density at radius 1 is 1.21 bits per heavy atom. The number of hydrogen-bond donors (Lipinski definition) is 3. The van der Waals surface area contributed by atoms with Crippen LogP contribution in [0.15, 0.2) is 53.2 Å². The maximum Gasteiger partial charge on any atom is 0.407 e. The Balaban J connectivity index is 1.30. The van der Waals surface area contributed by atoms with Gasteiger partial charge >= 0.3 is 6.09 Å². The van der Waals surface area contributed by atoms with Crippen LogP contribution in [-0.2, 0) is 6.54 Å². The molecule has 0 bridgehead atoms. The summed E-state index contributed by atoms with van der Waals surface area (Å²) in [5.74, 6) is 1.01. The van der Waals surface area contributed by atoms with Crippen LogP contribution in [0, 0.1) is 5.92 Å². The van der Waals surface area contributed by atoms with Crippen molar-refractivity contribution in [3.63, 3.8) is 0 Å². The summed E-state index contributed by atoms with van der Waals surface area (Å²) in [4.78, 5) is 26.8. The fourth-order valence-electron chi connectivity index (χ4n) is 4.14. The Morgan fingerprint density at radius 2 is 2.00 bits per heavy atom. The van der Waals surface area contributed by atoms with E-state index in [2.05, 4.69) is 22.7 Å². The maximum atomic E-state index is 12.8. The van der Waals surface area contributed by atoms with Gasteiger partial charge in [-0.3, -0.25) is 4.79 Å². The number of anilines is 1. The van der Waals surface area contributed by atoms with Crippen LogP contribution in [0.5, 0.6) is 0 Å². The van der Waals surface area contributed by atoms with Crippen molar-refractivity contribution in [2.75, 3.05) is 18.4 Å². The highest BCUT2D eigenvalue weighted by Gasteiger charge is 2.23. The van der Waals surface area contributed by atoms with Gasteiger partial charge in [0.25, 0.3) is 5.91 Å². The van der Waals surface area contributed by atoms with Crippen LogP contribution in [-0.4, -0.2) is 46.3 Å². The number of piperidine rings is 1. The van der Waals surface area contributed by atoms with Crippen LogP contribution in [0.3, 0.4) is 0 Å². The van der Waals surface area contributed by atoms with E-state index in [1.165, 1.54) is 16.2 Å². The molecular weight excluding hydrogens is 440 g/mol. The molecule has 8 nitrogen and oxygen atoms in total. The second kappa shape index (κ2) is 10.6. The van der Waals surface area contributed by atoms with Crippen molar-refractivity contribution in [1.82, 2.24) is 15.4 Å². The first kappa shape index (κ1) is 23.0. The summed E-state index contributed by atoms with van der Waals surface area (Å²) < 4.78 is 5.17. The van der Waals surface area contributed by atoms with Gasteiger partial charge < -0.3 is 25.2 Å². The molecule has 1 aliphatic heterocycles. The number of carbonyl (C=O) groups is 2. The van der Waals surface area contributed by atoms with E-state index in [9.17, 15) is 9.59 Å². The number of aromatic nitrogens is 1. The van der Waals surface area contributed by atoms with Gasteiger partial charge in [-0.25, -0.2) is 4.79 Å². The number of benzene rings is 1. The maximum absolute atomic E-state index is 12.8. The Kier molecular flexibility index (Phi) is 7.41. The quantitative estimate of drug-likeness (QED) is 0.433. The van der Waals surface area contributed by atoms with Gasteiger partial charge in [-0.2, -0.15) is 0 Å². The Bertz CT molecular complexity index is 1070. The van der Waals surface area contributed by atoms with Crippen molar-refractivity contribution in [2.24, 2.45) is 5.92 Å². The summed E-state index contributed by atoms with van der Waals surface area (Å²) in [5.41, 5.74) is 1.80. The summed E-state index contributed by atoms with van der Waals surface area (Å²) in [6.45, 7) is 4.02. The number of amides is 2. The number of likely N-dealkylation sites (tertiary alicyclic amines) is 1. The van der Waals surface area contributed by atoms with Gasteiger partial charge in [0.2, 0.25) is 0 Å². The number of para-hydroxylation sites is 1. The lowest BCUT2D eigenvalue weighted by Crippen LogP contribution is -2.39. The third kappa shape index (κ3) is 6.00. The lowest BCUT2D eigenvalue weighted by molar-refractivity contribution is 0.103. The van der Waals surface area contributed by atoms with Gasteiger partial charge in [-0.15, -0.1) is 11.3 Å². The zero-order chi connectivity index (χ0) is 23.2. The van der Waals surface area contributed by atoms with Gasteiger partial charge in [-0.1, -0.05) is 23.4 Å². The number of thiophene rings is 1. The van der Waals surface area contributed by atoms with Gasteiger partial charge in [0, 0.05) is 37.4 Å². The first-order valence-electron chi connectivity index (χ1n) is 11.1. The number of nitrogens with one attached hydrogen (secondary N) is 2. The lowest BCUT2D eigenvalue weighted by Gasteiger charge is -2.31. The van der Waals surface area contributed by atoms with E-state index in [1.54, 1.807) is 18.3 Å². The molecule has 1 fully saturated rings. The van der Waals surface area contributed by atoms with E-state index in [0.717, 1.165) is 35.4 Å². The SMILES string of the molecule is CC(CC1CCN(C(=O)O)CC1)NCc1ccccc1NC(=O)c1ccc(-c2ccno2)s1. The monoisotopic (exact) mass is 468 g/mol. The van der Waals surface area contributed by atoms with E-state index in [0.29, 0.717) is 36.2 Å². The van der Waals surface area contributed by atoms with Crippen molar-refractivity contribution in [2.45, 2.75) is 38.8 Å². The van der Waals surface area contributed by atoms with Crippen LogP contribution >= 0.6 is 11.3 Å². The number of hydrogen-bond acceptors (Lipinski definition) is 6. The zero-order valence-electron chi connectivity index (χ0n) is 18.5. The molecule has 33 heavy (non-hydrogen) atoms. The molecule has 3 heterocycles. The molecule has 0 aliphatic carbocycles. The topological polar surface area (TPSA) is 108 Å². The average Bonchev–Trinajstić information content (AvgIpc) is 3.51. The lowest BCUT2D eigenvalue weighted by atomic mass is 9.91. The summed E-state index contributed by atoms with van der Waals surface area (Å²) in [7, 11) is 0. The normalized spacial score (nSPS) is 15.4. The molecule has 1 aliphatic rings. The van der Waals surface area contributed by atoms with E-state index >= 15 is 0 Å². The van der Waals surface area contributed by atoms with Crippen molar-refractivity contribution in [1.29, 1.82) is 0 Å². The van der Waals surface area contributed by atoms with E-state index < -0.39 is 6.09 Å². The van der Waals surface area contributed by atoms with Crippen molar-refractivity contribution >= 4 is 29.0 Å². The van der Waals surface area contributed by atoms with Crippen molar-refractivity contribution in [3.05, 3.63) is 59.1 Å². The molecule has 0 radical (unpaired) electrons. The zero-order valence-corrected chi connectivity index (χ0v) is 19.3. The van der Waals surface area contributed by atoms with E-state index in [1.807, 2.05) is 30.3 Å². The van der Waals surface area contributed by atoms with Gasteiger partial charge in [0.05, 0.1) is 16.0 Å². The first-order valence-corrected chi connectivity index (χ1v) is 11.9. The molecule has 174 valence electrons. The Morgan fingerprint density at radius 3 is 2.73 bits per heavy atom. The highest BCUT2D eigenvalue weighted by molar-refractivity contribution is 7.17. The highest BCUT2D eigenvalue weighted by atomic mass is 32.1. The molecule has 2 aromatic heterocycles. The second-order valence-corrected chi connectivity index (χ2v) is 9.47. The smallest absolute Gasteiger partial charge is 0.407 e. The Labute approximate surface area is 196 Å². The molecule has 3 N–H and O–H groups in total. The molecule has 9 heteroatoms. The van der Waals surface area contributed by atoms with Crippen LogP contribution < -0.4 is 10.6 Å². The fourth-order valence-corrected chi connectivity index (χ4v) is 5.00. The summed E-state index contributed by atoms with van der Waals surface area (Å²) in [6, 6.07) is 13.5. The number of carbonyl (C=O) groups excluding carboxylic acids is 1. The van der Waals surface area contributed by atoms with E-state index in [-0.39, 0.29) is 11.9 Å². The van der Waals surface area contributed by atoms with Crippen molar-refractivity contribution < 1.29 is 19.2 Å². The minimum absolute atomic E-state index is 0.156.